The van der Waals surface area contributed by atoms with Gasteiger partial charge in [0.15, 0.2) is 0 Å². The number of aromatic nitrogens is 3. The van der Waals surface area contributed by atoms with Gasteiger partial charge in [0.2, 0.25) is 0 Å². The fraction of sp³-hybridized carbons (Fsp3) is 0.0714. The van der Waals surface area contributed by atoms with E-state index in [2.05, 4.69) is 15.2 Å². The predicted molar refractivity (Wildman–Crippen MR) is 75.0 cm³/mol. The maximum absolute atomic E-state index is 7.80. The number of nitrogen functional groups attached to an aromatic ring is 1. The van der Waals surface area contributed by atoms with Gasteiger partial charge in [-0.05, 0) is 41.0 Å². The van der Waals surface area contributed by atoms with Crippen molar-refractivity contribution in [2.45, 2.75) is 6.42 Å². The van der Waals surface area contributed by atoms with Gasteiger partial charge in [0.25, 0.3) is 0 Å². The summed E-state index contributed by atoms with van der Waals surface area (Å²) in [5.41, 5.74) is 16.1. The van der Waals surface area contributed by atoms with Gasteiger partial charge < -0.3 is 16.6 Å². The molecule has 0 saturated heterocycles. The zero-order valence-corrected chi connectivity index (χ0v) is 13.6. The minimum Gasteiger partial charge on any atom is -0.480 e. The summed E-state index contributed by atoms with van der Waals surface area (Å²) in [4.78, 5) is 3.99. The number of hydrogen-bond acceptors (Lipinski definition) is 4. The van der Waals surface area contributed by atoms with Crippen LogP contribution in [0, 0.1) is 0 Å². The maximum Gasteiger partial charge on any atom is 3.00 e. The number of nitrogens with two attached hydrogens (primary N) is 1. The first-order valence-electron chi connectivity index (χ1n) is 5.89. The SMILES string of the molecule is [NH-]c1nnc(Cc2ccncc2)c2ccc(N)cc12.[Y+3]. The summed E-state index contributed by atoms with van der Waals surface area (Å²) in [6.45, 7) is 0. The van der Waals surface area contributed by atoms with Gasteiger partial charge in [-0.2, -0.15) is 0 Å². The third-order valence-corrected chi connectivity index (χ3v) is 3.00. The Kier molecular flexibility index (Phi) is 4.62. The van der Waals surface area contributed by atoms with Crippen LogP contribution in [0.2, 0.25) is 0 Å². The van der Waals surface area contributed by atoms with E-state index in [4.69, 9.17) is 11.5 Å². The molecule has 0 spiro atoms. The van der Waals surface area contributed by atoms with E-state index in [-0.39, 0.29) is 38.5 Å². The molecule has 0 saturated carbocycles. The number of hydrogen-bond donors (Lipinski definition) is 1. The van der Waals surface area contributed by atoms with Gasteiger partial charge >= 0.3 is 32.7 Å². The van der Waals surface area contributed by atoms with E-state index in [0.29, 0.717) is 12.1 Å². The largest absolute Gasteiger partial charge is 3.00 e. The van der Waals surface area contributed by atoms with Gasteiger partial charge in [0.1, 0.15) is 0 Å². The summed E-state index contributed by atoms with van der Waals surface area (Å²) >= 11 is 0. The van der Waals surface area contributed by atoms with E-state index in [1.165, 1.54) is 0 Å². The van der Waals surface area contributed by atoms with Gasteiger partial charge in [-0.1, -0.05) is 6.07 Å². The Morgan fingerprint density at radius 1 is 1.00 bits per heavy atom. The molecule has 0 radical (unpaired) electrons. The molecule has 0 fully saturated rings. The Balaban J connectivity index is 0.00000147. The Morgan fingerprint density at radius 2 is 1.75 bits per heavy atom. The summed E-state index contributed by atoms with van der Waals surface area (Å²) in [6, 6.07) is 9.37. The summed E-state index contributed by atoms with van der Waals surface area (Å²) in [7, 11) is 0. The first kappa shape index (κ1) is 14.8. The van der Waals surface area contributed by atoms with Crippen LogP contribution in [0.4, 0.5) is 11.5 Å². The summed E-state index contributed by atoms with van der Waals surface area (Å²) < 4.78 is 0. The van der Waals surface area contributed by atoms with Crippen molar-refractivity contribution in [2.75, 3.05) is 5.73 Å². The van der Waals surface area contributed by atoms with Crippen LogP contribution in [0.15, 0.2) is 42.7 Å². The number of rotatable bonds is 2. The first-order chi connectivity index (χ1) is 9.24. The molecule has 94 valence electrons. The smallest absolute Gasteiger partial charge is 0.480 e. The molecule has 0 unspecified atom stereocenters. The third-order valence-electron chi connectivity index (χ3n) is 3.00. The van der Waals surface area contributed by atoms with Crippen LogP contribution in [0.25, 0.3) is 16.5 Å². The Hall–Kier alpha value is -1.59. The van der Waals surface area contributed by atoms with Crippen LogP contribution in [0.3, 0.4) is 0 Å². The van der Waals surface area contributed by atoms with Crippen molar-refractivity contribution in [1.29, 1.82) is 0 Å². The fourth-order valence-electron chi connectivity index (χ4n) is 2.05. The van der Waals surface area contributed by atoms with E-state index in [0.717, 1.165) is 22.0 Å². The minimum atomic E-state index is 0. The second kappa shape index (κ2) is 6.24. The molecule has 5 nitrogen and oxygen atoms in total. The number of nitrogens with one attached hydrogen (secondary N) is 1. The van der Waals surface area contributed by atoms with Crippen molar-refractivity contribution < 1.29 is 32.7 Å². The van der Waals surface area contributed by atoms with Gasteiger partial charge in [-0.3, -0.25) is 10.1 Å². The Bertz CT molecular complexity index is 730. The zero-order valence-electron chi connectivity index (χ0n) is 10.7. The Labute approximate surface area is 141 Å². The molecule has 6 heteroatoms. The van der Waals surface area contributed by atoms with Crippen LogP contribution in [0.5, 0.6) is 0 Å². The normalized spacial score (nSPS) is 10.2. The van der Waals surface area contributed by atoms with Crippen molar-refractivity contribution in [3.05, 3.63) is 59.7 Å². The number of fused-ring (bicyclic) bond motifs is 1. The zero-order chi connectivity index (χ0) is 13.2. The Morgan fingerprint density at radius 3 is 2.50 bits per heavy atom. The molecule has 0 aliphatic carbocycles. The standard InChI is InChI=1S/C14H12N5.Y/c15-10-1-2-11-12(8-10)14(16)19-18-13(11)7-9-3-5-17-6-4-9;/h1-6,8H,7,15H2,(H-,16,19);/q-1;+3. The molecule has 0 aliphatic rings. The molecule has 3 rings (SSSR count). The van der Waals surface area contributed by atoms with Crippen LogP contribution in [0.1, 0.15) is 11.3 Å². The van der Waals surface area contributed by atoms with Crippen LogP contribution in [-0.4, -0.2) is 15.2 Å². The van der Waals surface area contributed by atoms with Crippen LogP contribution >= 0.6 is 0 Å². The number of anilines is 1. The maximum atomic E-state index is 7.80. The summed E-state index contributed by atoms with van der Waals surface area (Å²) in [5.74, 6) is 0.153. The fourth-order valence-corrected chi connectivity index (χ4v) is 2.05. The minimum absolute atomic E-state index is 0. The average molecular weight is 339 g/mol. The quantitative estimate of drug-likeness (QED) is 0.727. The topological polar surface area (TPSA) is 88.5 Å². The number of benzene rings is 1. The van der Waals surface area contributed by atoms with E-state index in [1.807, 2.05) is 24.3 Å². The van der Waals surface area contributed by atoms with Gasteiger partial charge in [0.05, 0.1) is 5.69 Å². The molecule has 0 atom stereocenters. The molecular formula is C14H12N5Y+2. The second-order valence-corrected chi connectivity index (χ2v) is 4.33. The first-order valence-corrected chi connectivity index (χ1v) is 5.89. The average Bonchev–Trinajstić information content (AvgIpc) is 2.43. The second-order valence-electron chi connectivity index (χ2n) is 4.33. The predicted octanol–water partition coefficient (Wildman–Crippen LogP) is 2.88. The van der Waals surface area contributed by atoms with Crippen molar-refractivity contribution in [2.24, 2.45) is 0 Å². The van der Waals surface area contributed by atoms with Gasteiger partial charge in [-0.15, -0.1) is 0 Å². The molecule has 20 heavy (non-hydrogen) atoms. The van der Waals surface area contributed by atoms with Gasteiger partial charge in [-0.25, -0.2) is 0 Å². The third kappa shape index (κ3) is 2.94. The van der Waals surface area contributed by atoms with Gasteiger partial charge in [0, 0.05) is 29.9 Å². The molecule has 2 heterocycles. The van der Waals surface area contributed by atoms with E-state index >= 15 is 0 Å². The number of pyridine rings is 1. The van der Waals surface area contributed by atoms with Crippen molar-refractivity contribution in [3.8, 4) is 0 Å². The van der Waals surface area contributed by atoms with Crippen molar-refractivity contribution in [3.63, 3.8) is 0 Å². The summed E-state index contributed by atoms with van der Waals surface area (Å²) in [5, 5.41) is 9.68. The van der Waals surface area contributed by atoms with Crippen molar-refractivity contribution in [1.82, 2.24) is 15.2 Å². The van der Waals surface area contributed by atoms with Crippen molar-refractivity contribution >= 4 is 22.3 Å². The van der Waals surface area contributed by atoms with Crippen LogP contribution in [-0.2, 0) is 39.1 Å². The van der Waals surface area contributed by atoms with E-state index in [9.17, 15) is 0 Å². The summed E-state index contributed by atoms with van der Waals surface area (Å²) in [6.07, 6.45) is 4.17. The molecule has 0 amide bonds. The van der Waals surface area contributed by atoms with E-state index < -0.39 is 0 Å². The molecule has 3 aromatic rings. The molecular weight excluding hydrogens is 327 g/mol. The molecule has 0 aliphatic heterocycles. The van der Waals surface area contributed by atoms with Crippen LogP contribution < -0.4 is 5.73 Å². The molecule has 0 bridgehead atoms. The molecule has 1 aromatic carbocycles. The molecule has 2 aromatic heterocycles. The van der Waals surface area contributed by atoms with E-state index in [1.54, 1.807) is 18.5 Å². The molecule has 3 N–H and O–H groups in total. The number of nitrogens with zero attached hydrogens (tertiary/aromatic N) is 3. The monoisotopic (exact) mass is 339 g/mol.